The molecule has 0 bridgehead atoms. The zero-order valence-electron chi connectivity index (χ0n) is 5.89. The number of halogens is 1. The Kier molecular flexibility index (Phi) is 3.94. The highest BCUT2D eigenvalue weighted by molar-refractivity contribution is 14.1. The van der Waals surface area contributed by atoms with Crippen LogP contribution < -0.4 is 0 Å². The summed E-state index contributed by atoms with van der Waals surface area (Å²) >= 11 is 2.28. The maximum Gasteiger partial charge on any atom is 0.122 e. The van der Waals surface area contributed by atoms with Crippen molar-refractivity contribution in [2.45, 2.75) is 19.3 Å². The van der Waals surface area contributed by atoms with Crippen LogP contribution in [0.5, 0.6) is 0 Å². The van der Waals surface area contributed by atoms with E-state index in [1.54, 1.807) is 0 Å². The molecule has 0 saturated carbocycles. The number of hydrogen-bond acceptors (Lipinski definition) is 2. The van der Waals surface area contributed by atoms with Crippen LogP contribution in [0, 0.1) is 0 Å². The molecule has 56 valence electrons. The molecule has 0 amide bonds. The summed E-state index contributed by atoms with van der Waals surface area (Å²) in [6, 6.07) is 0. The fourth-order valence-corrected chi connectivity index (χ4v) is 1.12. The monoisotopic (exact) mass is 250 g/mol. The third-order valence-electron chi connectivity index (χ3n) is 1.41. The fourth-order valence-electron chi connectivity index (χ4n) is 0.927. The molecule has 0 spiro atoms. The number of nitrogens with zero attached hydrogens (tertiary/aromatic N) is 2. The average molecular weight is 250 g/mol. The SMILES string of the molecule is IC/C=N/C1=NCCCC1. The van der Waals surface area contributed by atoms with E-state index in [0.717, 1.165) is 23.2 Å². The lowest BCUT2D eigenvalue weighted by Crippen LogP contribution is -2.03. The Hall–Kier alpha value is 0.0700. The molecule has 0 aromatic carbocycles. The molecule has 0 N–H and O–H groups in total. The van der Waals surface area contributed by atoms with Crippen LogP contribution in [0.25, 0.3) is 0 Å². The van der Waals surface area contributed by atoms with Gasteiger partial charge in [0.25, 0.3) is 0 Å². The van der Waals surface area contributed by atoms with Gasteiger partial charge in [0.05, 0.1) is 0 Å². The Morgan fingerprint density at radius 3 is 3.10 bits per heavy atom. The molecule has 0 unspecified atom stereocenters. The van der Waals surface area contributed by atoms with Crippen LogP contribution in [0.2, 0.25) is 0 Å². The standard InChI is InChI=1S/C7H11IN2/c8-4-6-10-7-3-1-2-5-9-7/h6H,1-5H2/b10-6+. The van der Waals surface area contributed by atoms with Crippen LogP contribution in [-0.2, 0) is 0 Å². The summed E-state index contributed by atoms with van der Waals surface area (Å²) in [6.45, 7) is 0.980. The lowest BCUT2D eigenvalue weighted by Gasteiger charge is -2.05. The van der Waals surface area contributed by atoms with Crippen molar-refractivity contribution in [3.8, 4) is 0 Å². The van der Waals surface area contributed by atoms with Crippen molar-refractivity contribution >= 4 is 34.6 Å². The smallest absolute Gasteiger partial charge is 0.122 e. The van der Waals surface area contributed by atoms with Crippen molar-refractivity contribution in [2.75, 3.05) is 11.0 Å². The van der Waals surface area contributed by atoms with Crippen molar-refractivity contribution in [1.82, 2.24) is 0 Å². The second kappa shape index (κ2) is 4.82. The summed E-state index contributed by atoms with van der Waals surface area (Å²) in [5.41, 5.74) is 0. The Morgan fingerprint density at radius 1 is 1.60 bits per heavy atom. The van der Waals surface area contributed by atoms with Crippen molar-refractivity contribution < 1.29 is 0 Å². The van der Waals surface area contributed by atoms with Gasteiger partial charge in [0.2, 0.25) is 0 Å². The second-order valence-electron chi connectivity index (χ2n) is 2.22. The zero-order chi connectivity index (χ0) is 7.23. The first-order valence-electron chi connectivity index (χ1n) is 3.55. The van der Waals surface area contributed by atoms with Gasteiger partial charge in [-0.15, -0.1) is 0 Å². The highest BCUT2D eigenvalue weighted by Crippen LogP contribution is 2.05. The molecule has 3 heteroatoms. The van der Waals surface area contributed by atoms with Gasteiger partial charge >= 0.3 is 0 Å². The third kappa shape index (κ3) is 2.77. The maximum absolute atomic E-state index is 4.28. The quantitative estimate of drug-likeness (QED) is 0.386. The van der Waals surface area contributed by atoms with Crippen LogP contribution in [-0.4, -0.2) is 23.0 Å². The first-order valence-corrected chi connectivity index (χ1v) is 5.08. The summed E-state index contributed by atoms with van der Waals surface area (Å²) in [6.07, 6.45) is 5.50. The lowest BCUT2D eigenvalue weighted by atomic mass is 10.2. The van der Waals surface area contributed by atoms with Gasteiger partial charge in [-0.05, 0) is 12.8 Å². The van der Waals surface area contributed by atoms with Crippen LogP contribution in [0.3, 0.4) is 0 Å². The number of rotatable bonds is 1. The molecule has 0 aliphatic carbocycles. The average Bonchev–Trinajstić information content (AvgIpc) is 2.03. The van der Waals surface area contributed by atoms with Crippen molar-refractivity contribution in [1.29, 1.82) is 0 Å². The van der Waals surface area contributed by atoms with E-state index in [4.69, 9.17) is 0 Å². The van der Waals surface area contributed by atoms with E-state index in [1.165, 1.54) is 12.8 Å². The van der Waals surface area contributed by atoms with Crippen LogP contribution in [0.4, 0.5) is 0 Å². The number of aliphatic imine (C=N–C) groups is 2. The first-order chi connectivity index (χ1) is 4.93. The summed E-state index contributed by atoms with van der Waals surface area (Å²) in [5.74, 6) is 1.04. The fraction of sp³-hybridized carbons (Fsp3) is 0.714. The maximum atomic E-state index is 4.28. The summed E-state index contributed by atoms with van der Waals surface area (Å²) in [7, 11) is 0. The molecule has 0 fully saturated rings. The minimum atomic E-state index is 0.980. The van der Waals surface area contributed by atoms with Gasteiger partial charge in [-0.3, -0.25) is 4.99 Å². The van der Waals surface area contributed by atoms with E-state index in [9.17, 15) is 0 Å². The van der Waals surface area contributed by atoms with E-state index in [-0.39, 0.29) is 0 Å². The normalized spacial score (nSPS) is 19.5. The van der Waals surface area contributed by atoms with E-state index >= 15 is 0 Å². The van der Waals surface area contributed by atoms with Crippen LogP contribution >= 0.6 is 22.6 Å². The van der Waals surface area contributed by atoms with Gasteiger partial charge < -0.3 is 0 Å². The molecule has 2 nitrogen and oxygen atoms in total. The van der Waals surface area contributed by atoms with Gasteiger partial charge in [-0.2, -0.15) is 0 Å². The lowest BCUT2D eigenvalue weighted by molar-refractivity contribution is 0.734. The van der Waals surface area contributed by atoms with E-state index < -0.39 is 0 Å². The molecule has 0 saturated heterocycles. The van der Waals surface area contributed by atoms with Gasteiger partial charge in [0.1, 0.15) is 5.84 Å². The summed E-state index contributed by atoms with van der Waals surface area (Å²) in [5, 5.41) is 0. The van der Waals surface area contributed by atoms with Crippen molar-refractivity contribution in [3.05, 3.63) is 0 Å². The molecule has 0 aromatic rings. The molecular weight excluding hydrogens is 239 g/mol. The molecule has 0 aromatic heterocycles. The van der Waals surface area contributed by atoms with E-state index in [1.807, 2.05) is 6.21 Å². The van der Waals surface area contributed by atoms with Gasteiger partial charge in [-0.25, -0.2) is 4.99 Å². The van der Waals surface area contributed by atoms with Crippen LogP contribution in [0.15, 0.2) is 9.98 Å². The highest BCUT2D eigenvalue weighted by Gasteiger charge is 2.00. The zero-order valence-corrected chi connectivity index (χ0v) is 8.04. The number of amidine groups is 1. The molecule has 0 radical (unpaired) electrons. The topological polar surface area (TPSA) is 24.7 Å². The Morgan fingerprint density at radius 2 is 2.50 bits per heavy atom. The molecule has 0 atom stereocenters. The third-order valence-corrected chi connectivity index (χ3v) is 1.81. The molecule has 1 aliphatic heterocycles. The molecular formula is C7H11IN2. The predicted molar refractivity (Wildman–Crippen MR) is 53.5 cm³/mol. The van der Waals surface area contributed by atoms with Gasteiger partial charge in [0, 0.05) is 23.6 Å². The predicted octanol–water partition coefficient (Wildman–Crippen LogP) is 2.07. The Labute approximate surface area is 75.0 Å². The molecule has 1 aliphatic rings. The largest absolute Gasteiger partial charge is 0.271 e. The summed E-state index contributed by atoms with van der Waals surface area (Å²) in [4.78, 5) is 8.50. The van der Waals surface area contributed by atoms with Crippen molar-refractivity contribution in [3.63, 3.8) is 0 Å². The summed E-state index contributed by atoms with van der Waals surface area (Å²) < 4.78 is 0.983. The van der Waals surface area contributed by atoms with Gasteiger partial charge in [0.15, 0.2) is 0 Å². The first kappa shape index (κ1) is 8.17. The van der Waals surface area contributed by atoms with E-state index in [2.05, 4.69) is 32.6 Å². The van der Waals surface area contributed by atoms with Crippen LogP contribution in [0.1, 0.15) is 19.3 Å². The molecule has 10 heavy (non-hydrogen) atoms. The second-order valence-corrected chi connectivity index (χ2v) is 3.10. The van der Waals surface area contributed by atoms with Gasteiger partial charge in [-0.1, -0.05) is 22.6 Å². The van der Waals surface area contributed by atoms with Crippen molar-refractivity contribution in [2.24, 2.45) is 9.98 Å². The molecule has 1 rings (SSSR count). The Bertz CT molecular complexity index is 152. The van der Waals surface area contributed by atoms with E-state index in [0.29, 0.717) is 0 Å². The highest BCUT2D eigenvalue weighted by atomic mass is 127. The Balaban J connectivity index is 2.38. The number of hydrogen-bond donors (Lipinski definition) is 0. The minimum Gasteiger partial charge on any atom is -0.271 e. The minimum absolute atomic E-state index is 0.980. The molecule has 1 heterocycles. The number of alkyl halides is 1.